The molecule has 0 spiro atoms. The maximum atomic E-state index is 12.7. The number of rotatable bonds is 2. The Bertz CT molecular complexity index is 920. The molecular weight excluding hydrogens is 367 g/mol. The van der Waals surface area contributed by atoms with Gasteiger partial charge in [-0.05, 0) is 48.3 Å². The smallest absolute Gasteiger partial charge is 0.410 e. The summed E-state index contributed by atoms with van der Waals surface area (Å²) in [6, 6.07) is 3.96. The lowest BCUT2D eigenvalue weighted by Gasteiger charge is -2.37. The fourth-order valence-electron chi connectivity index (χ4n) is 3.82. The third-order valence-corrected chi connectivity index (χ3v) is 5.29. The highest BCUT2D eigenvalue weighted by molar-refractivity contribution is 5.98. The minimum absolute atomic E-state index is 0.0219. The quantitative estimate of drug-likeness (QED) is 0.638. The van der Waals surface area contributed by atoms with Crippen LogP contribution in [-0.2, 0) is 14.9 Å². The van der Waals surface area contributed by atoms with Gasteiger partial charge in [0.25, 0.3) is 0 Å². The summed E-state index contributed by atoms with van der Waals surface area (Å²) in [4.78, 5) is 14.0. The predicted molar refractivity (Wildman–Crippen MR) is 104 cm³/mol. The highest BCUT2D eigenvalue weighted by Crippen LogP contribution is 2.43. The summed E-state index contributed by atoms with van der Waals surface area (Å²) in [6.07, 6.45) is 0.553. The molecule has 1 aliphatic carbocycles. The van der Waals surface area contributed by atoms with Crippen molar-refractivity contribution >= 4 is 17.2 Å². The van der Waals surface area contributed by atoms with E-state index in [1.807, 2.05) is 45.9 Å². The molecule has 2 aliphatic rings. The zero-order valence-corrected chi connectivity index (χ0v) is 16.7. The van der Waals surface area contributed by atoms with E-state index in [2.05, 4.69) is 4.74 Å². The summed E-state index contributed by atoms with van der Waals surface area (Å²) in [5.41, 5.74) is 4.92. The Morgan fingerprint density at radius 3 is 2.46 bits per heavy atom. The minimum atomic E-state index is -4.73. The van der Waals surface area contributed by atoms with Crippen molar-refractivity contribution in [2.75, 3.05) is 11.9 Å². The van der Waals surface area contributed by atoms with Gasteiger partial charge in [-0.3, -0.25) is 4.79 Å². The maximum Gasteiger partial charge on any atom is 0.572 e. The number of hydrogen-bond donors (Lipinski definition) is 0. The SMILES string of the molecule is CC1=CC=C(OC(F)(F)F)CC(c2cc3c(cc2C)C(C)(C)CC(=O)N3C)=C1. The van der Waals surface area contributed by atoms with Crippen molar-refractivity contribution in [3.05, 3.63) is 58.4 Å². The van der Waals surface area contributed by atoms with Crippen LogP contribution in [0.4, 0.5) is 18.9 Å². The van der Waals surface area contributed by atoms with Crippen molar-refractivity contribution in [1.29, 1.82) is 0 Å². The number of benzene rings is 1. The van der Waals surface area contributed by atoms with Gasteiger partial charge >= 0.3 is 6.36 Å². The zero-order valence-electron chi connectivity index (χ0n) is 16.7. The number of carbonyl (C=O) groups is 1. The van der Waals surface area contributed by atoms with Gasteiger partial charge in [-0.15, -0.1) is 13.2 Å². The Labute approximate surface area is 163 Å². The number of fused-ring (bicyclic) bond motifs is 1. The number of carbonyl (C=O) groups excluding carboxylic acids is 1. The highest BCUT2D eigenvalue weighted by Gasteiger charge is 2.36. The molecule has 0 unspecified atom stereocenters. The summed E-state index contributed by atoms with van der Waals surface area (Å²) in [7, 11) is 1.74. The van der Waals surface area contributed by atoms with Crippen LogP contribution in [0, 0.1) is 6.92 Å². The van der Waals surface area contributed by atoms with E-state index in [1.165, 1.54) is 6.08 Å². The van der Waals surface area contributed by atoms with Crippen LogP contribution in [0.1, 0.15) is 50.3 Å². The van der Waals surface area contributed by atoms with Crippen molar-refractivity contribution in [1.82, 2.24) is 0 Å². The van der Waals surface area contributed by atoms with E-state index in [9.17, 15) is 18.0 Å². The molecule has 0 aromatic heterocycles. The largest absolute Gasteiger partial charge is 0.572 e. The Balaban J connectivity index is 2.08. The molecule has 3 nitrogen and oxygen atoms in total. The lowest BCUT2D eigenvalue weighted by atomic mass is 9.75. The van der Waals surface area contributed by atoms with E-state index >= 15 is 0 Å². The van der Waals surface area contributed by atoms with Crippen LogP contribution in [0.25, 0.3) is 5.57 Å². The standard InChI is InChI=1S/C22H24F3NO2/c1-13-6-7-16(28-22(23,24)25)10-15(8-13)17-11-19-18(9-14(17)2)21(3,4)12-20(27)26(19)5/h6-9,11H,10,12H2,1-5H3. The molecule has 0 fully saturated rings. The molecular formula is C22H24F3NO2. The molecule has 0 N–H and O–H groups in total. The number of nitrogens with zero attached hydrogens (tertiary/aromatic N) is 1. The molecule has 1 aliphatic heterocycles. The van der Waals surface area contributed by atoms with Gasteiger partial charge in [-0.25, -0.2) is 0 Å². The Hall–Kier alpha value is -2.50. The molecule has 1 aromatic rings. The third kappa shape index (κ3) is 4.01. The van der Waals surface area contributed by atoms with E-state index in [1.54, 1.807) is 18.0 Å². The number of halogens is 3. The van der Waals surface area contributed by atoms with Gasteiger partial charge in [-0.2, -0.15) is 0 Å². The Morgan fingerprint density at radius 2 is 1.82 bits per heavy atom. The van der Waals surface area contributed by atoms with Crippen molar-refractivity contribution in [3.63, 3.8) is 0 Å². The molecule has 0 saturated heterocycles. The molecule has 0 saturated carbocycles. The molecule has 1 heterocycles. The number of anilines is 1. The molecule has 3 rings (SSSR count). The first-order valence-corrected chi connectivity index (χ1v) is 9.13. The highest BCUT2D eigenvalue weighted by atomic mass is 19.4. The minimum Gasteiger partial charge on any atom is -0.410 e. The zero-order chi connectivity index (χ0) is 20.9. The lowest BCUT2D eigenvalue weighted by Crippen LogP contribution is -2.39. The van der Waals surface area contributed by atoms with Crippen LogP contribution >= 0.6 is 0 Å². The summed E-state index contributed by atoms with van der Waals surface area (Å²) >= 11 is 0. The topological polar surface area (TPSA) is 29.5 Å². The average molecular weight is 391 g/mol. The van der Waals surface area contributed by atoms with Gasteiger partial charge in [-0.1, -0.05) is 37.6 Å². The van der Waals surface area contributed by atoms with Crippen LogP contribution in [-0.4, -0.2) is 19.3 Å². The fraction of sp³-hybridized carbons (Fsp3) is 0.409. The first kappa shape index (κ1) is 20.2. The molecule has 0 radical (unpaired) electrons. The van der Waals surface area contributed by atoms with E-state index < -0.39 is 6.36 Å². The second kappa shape index (κ2) is 6.83. The lowest BCUT2D eigenvalue weighted by molar-refractivity contribution is -0.305. The second-order valence-corrected chi connectivity index (χ2v) is 8.14. The van der Waals surface area contributed by atoms with Gasteiger partial charge in [0.15, 0.2) is 0 Å². The van der Waals surface area contributed by atoms with Gasteiger partial charge < -0.3 is 9.64 Å². The van der Waals surface area contributed by atoms with Crippen LogP contribution in [0.5, 0.6) is 0 Å². The Kier molecular flexibility index (Phi) is 4.94. The molecule has 150 valence electrons. The number of hydrogen-bond acceptors (Lipinski definition) is 2. The number of aryl methyl sites for hydroxylation is 1. The summed E-state index contributed by atoms with van der Waals surface area (Å²) in [6.45, 7) is 7.84. The monoisotopic (exact) mass is 391 g/mol. The molecule has 1 aromatic carbocycles. The van der Waals surface area contributed by atoms with Crippen molar-refractivity contribution < 1.29 is 22.7 Å². The number of amides is 1. The van der Waals surface area contributed by atoms with E-state index in [0.29, 0.717) is 6.42 Å². The van der Waals surface area contributed by atoms with E-state index in [-0.39, 0.29) is 23.5 Å². The normalized spacial score (nSPS) is 19.4. The summed E-state index contributed by atoms with van der Waals surface area (Å²) < 4.78 is 42.4. The average Bonchev–Trinajstić information content (AvgIpc) is 2.72. The molecule has 1 amide bonds. The van der Waals surface area contributed by atoms with Crippen molar-refractivity contribution in [2.45, 2.75) is 52.3 Å². The van der Waals surface area contributed by atoms with Crippen LogP contribution in [0.2, 0.25) is 0 Å². The third-order valence-electron chi connectivity index (χ3n) is 5.29. The van der Waals surface area contributed by atoms with E-state index in [4.69, 9.17) is 0 Å². The number of ether oxygens (including phenoxy) is 1. The van der Waals surface area contributed by atoms with E-state index in [0.717, 1.165) is 33.5 Å². The van der Waals surface area contributed by atoms with Crippen LogP contribution < -0.4 is 4.90 Å². The molecule has 28 heavy (non-hydrogen) atoms. The fourth-order valence-corrected chi connectivity index (χ4v) is 3.82. The van der Waals surface area contributed by atoms with Gasteiger partial charge in [0.1, 0.15) is 5.76 Å². The van der Waals surface area contributed by atoms with Crippen molar-refractivity contribution in [2.24, 2.45) is 0 Å². The first-order valence-electron chi connectivity index (χ1n) is 9.13. The first-order chi connectivity index (χ1) is 12.9. The number of allylic oxidation sites excluding steroid dienone is 5. The molecule has 0 atom stereocenters. The van der Waals surface area contributed by atoms with Crippen molar-refractivity contribution in [3.8, 4) is 0 Å². The maximum absolute atomic E-state index is 12.7. The Morgan fingerprint density at radius 1 is 1.14 bits per heavy atom. The van der Waals surface area contributed by atoms with Gasteiger partial charge in [0.05, 0.1) is 0 Å². The van der Waals surface area contributed by atoms with Crippen LogP contribution in [0.3, 0.4) is 0 Å². The molecule has 6 heteroatoms. The second-order valence-electron chi connectivity index (χ2n) is 8.14. The van der Waals surface area contributed by atoms with Crippen LogP contribution in [0.15, 0.2) is 41.7 Å². The predicted octanol–water partition coefficient (Wildman–Crippen LogP) is 5.79. The van der Waals surface area contributed by atoms with Gasteiger partial charge in [0.2, 0.25) is 5.91 Å². The number of alkyl halides is 3. The summed E-state index contributed by atoms with van der Waals surface area (Å²) in [5, 5.41) is 0. The molecule has 0 bridgehead atoms. The summed E-state index contributed by atoms with van der Waals surface area (Å²) in [5.74, 6) is -0.128. The van der Waals surface area contributed by atoms with Gasteiger partial charge in [0, 0.05) is 31.0 Å².